The zero-order valence-corrected chi connectivity index (χ0v) is 18.1. The van der Waals surface area contributed by atoms with Gasteiger partial charge in [0.25, 0.3) is 0 Å². The summed E-state index contributed by atoms with van der Waals surface area (Å²) in [4.78, 5) is 13.9. The number of hydrogen-bond acceptors (Lipinski definition) is 5. The van der Waals surface area contributed by atoms with Crippen LogP contribution in [-0.4, -0.2) is 60.1 Å². The molecule has 7 heteroatoms. The molecule has 0 bridgehead atoms. The number of benzene rings is 1. The van der Waals surface area contributed by atoms with Gasteiger partial charge in [0, 0.05) is 37.5 Å². The van der Waals surface area contributed by atoms with Crippen LogP contribution in [0.3, 0.4) is 0 Å². The quantitative estimate of drug-likeness (QED) is 0.760. The van der Waals surface area contributed by atoms with Gasteiger partial charge >= 0.3 is 0 Å². The molecule has 30 heavy (non-hydrogen) atoms. The average molecular weight is 433 g/mol. The lowest BCUT2D eigenvalue weighted by atomic mass is 9.78. The number of aliphatic hydroxyl groups is 1. The largest absolute Gasteiger partial charge is 0.491 e. The highest BCUT2D eigenvalue weighted by Gasteiger charge is 2.38. The number of rotatable bonds is 6. The molecule has 1 unspecified atom stereocenters. The molecular weight excluding hydrogens is 404 g/mol. The first kappa shape index (κ1) is 21.4. The summed E-state index contributed by atoms with van der Waals surface area (Å²) < 4.78 is 13.0. The van der Waals surface area contributed by atoms with E-state index in [1.54, 1.807) is 25.4 Å². The molecule has 0 saturated carbocycles. The summed E-state index contributed by atoms with van der Waals surface area (Å²) in [7, 11) is 1.71. The van der Waals surface area contributed by atoms with Crippen LogP contribution in [0.15, 0.2) is 41.3 Å². The smallest absolute Gasteiger partial charge is 0.250 e. The van der Waals surface area contributed by atoms with Gasteiger partial charge in [-0.1, -0.05) is 11.6 Å². The van der Waals surface area contributed by atoms with Crippen molar-refractivity contribution in [2.24, 2.45) is 12.5 Å². The summed E-state index contributed by atoms with van der Waals surface area (Å²) in [6.07, 6.45) is 4.64. The fourth-order valence-corrected chi connectivity index (χ4v) is 4.60. The van der Waals surface area contributed by atoms with Crippen LogP contribution in [0.2, 0.25) is 5.02 Å². The Bertz CT molecular complexity index is 929. The van der Waals surface area contributed by atoms with E-state index >= 15 is 0 Å². The number of aryl methyl sites for hydroxylation is 1. The lowest BCUT2D eigenvalue weighted by Gasteiger charge is -2.38. The maximum absolute atomic E-state index is 11.6. The van der Waals surface area contributed by atoms with Crippen molar-refractivity contribution >= 4 is 11.6 Å². The van der Waals surface area contributed by atoms with Crippen LogP contribution < -0.4 is 10.3 Å². The molecule has 0 amide bonds. The van der Waals surface area contributed by atoms with E-state index in [4.69, 9.17) is 21.1 Å². The maximum Gasteiger partial charge on any atom is 0.250 e. The number of ether oxygens (including phenoxy) is 2. The van der Waals surface area contributed by atoms with Gasteiger partial charge in [-0.3, -0.25) is 4.79 Å². The number of aliphatic hydroxyl groups excluding tert-OH is 1. The maximum atomic E-state index is 11.6. The lowest BCUT2D eigenvalue weighted by molar-refractivity contribution is 0.0319. The predicted molar refractivity (Wildman–Crippen MR) is 117 cm³/mol. The topological polar surface area (TPSA) is 63.9 Å². The molecule has 1 aromatic heterocycles. The molecule has 2 fully saturated rings. The number of hydrogen-bond donors (Lipinski definition) is 1. The number of likely N-dealkylation sites (tertiary alicyclic amines) is 1. The Morgan fingerprint density at radius 3 is 2.70 bits per heavy atom. The molecular formula is C23H29ClN2O4. The molecule has 1 N–H and O–H groups in total. The normalized spacial score (nSPS) is 19.8. The van der Waals surface area contributed by atoms with Gasteiger partial charge < -0.3 is 24.0 Å². The van der Waals surface area contributed by atoms with Crippen molar-refractivity contribution < 1.29 is 14.6 Å². The molecule has 1 aromatic carbocycles. The first-order valence-electron chi connectivity index (χ1n) is 10.5. The Balaban J connectivity index is 1.32. The second kappa shape index (κ2) is 9.10. The van der Waals surface area contributed by atoms with Crippen molar-refractivity contribution in [2.45, 2.75) is 25.4 Å². The minimum absolute atomic E-state index is 0.0653. The Morgan fingerprint density at radius 2 is 2.00 bits per heavy atom. The van der Waals surface area contributed by atoms with Gasteiger partial charge in [0.15, 0.2) is 0 Å². The van der Waals surface area contributed by atoms with Crippen LogP contribution in [0.4, 0.5) is 0 Å². The van der Waals surface area contributed by atoms with Crippen LogP contribution in [0, 0.1) is 5.41 Å². The molecule has 0 aliphatic carbocycles. The minimum Gasteiger partial charge on any atom is -0.491 e. The van der Waals surface area contributed by atoms with E-state index in [0.29, 0.717) is 22.7 Å². The van der Waals surface area contributed by atoms with Gasteiger partial charge in [0.05, 0.1) is 6.61 Å². The molecule has 1 spiro atoms. The van der Waals surface area contributed by atoms with E-state index in [0.717, 1.165) is 50.3 Å². The summed E-state index contributed by atoms with van der Waals surface area (Å²) in [5.41, 5.74) is 2.05. The third-order valence-corrected chi connectivity index (χ3v) is 6.52. The monoisotopic (exact) mass is 432 g/mol. The van der Waals surface area contributed by atoms with Crippen molar-refractivity contribution in [3.63, 3.8) is 0 Å². The number of β-amino-alcohol motifs (C(OH)–C–C–N with tert-alkyl or cyclic N) is 1. The van der Waals surface area contributed by atoms with Crippen LogP contribution in [0.5, 0.6) is 5.75 Å². The summed E-state index contributed by atoms with van der Waals surface area (Å²) in [6.45, 7) is 4.57. The molecule has 6 nitrogen and oxygen atoms in total. The van der Waals surface area contributed by atoms with E-state index in [1.807, 2.05) is 12.1 Å². The molecule has 2 aromatic rings. The van der Waals surface area contributed by atoms with Gasteiger partial charge in [0.1, 0.15) is 18.5 Å². The van der Waals surface area contributed by atoms with Crippen LogP contribution >= 0.6 is 11.6 Å². The predicted octanol–water partition coefficient (Wildman–Crippen LogP) is 2.95. The summed E-state index contributed by atoms with van der Waals surface area (Å²) >= 11 is 6.27. The van der Waals surface area contributed by atoms with Gasteiger partial charge in [-0.15, -0.1) is 0 Å². The highest BCUT2D eigenvalue weighted by Crippen LogP contribution is 2.39. The molecule has 1 atom stereocenters. The standard InChI is InChI=1S/C23H29ClN2O4/c1-25-13-17(2-3-22(25)28)18-10-19(24)12-21(11-18)30-15-20(27)14-26-7-4-23(5-8-26)6-9-29-16-23/h2-3,10-13,20,27H,4-9,14-16H2,1H3. The van der Waals surface area contributed by atoms with E-state index in [1.165, 1.54) is 17.1 Å². The molecule has 2 aliphatic heterocycles. The van der Waals surface area contributed by atoms with E-state index in [-0.39, 0.29) is 12.2 Å². The minimum atomic E-state index is -0.571. The molecule has 0 radical (unpaired) electrons. The number of nitrogens with zero attached hydrogens (tertiary/aromatic N) is 2. The van der Waals surface area contributed by atoms with E-state index < -0.39 is 6.10 Å². The second-order valence-corrected chi connectivity index (χ2v) is 9.05. The van der Waals surface area contributed by atoms with Gasteiger partial charge in [-0.2, -0.15) is 0 Å². The van der Waals surface area contributed by atoms with Gasteiger partial charge in [-0.25, -0.2) is 0 Å². The zero-order valence-electron chi connectivity index (χ0n) is 17.3. The Kier molecular flexibility index (Phi) is 6.48. The van der Waals surface area contributed by atoms with E-state index in [2.05, 4.69) is 4.90 Å². The van der Waals surface area contributed by atoms with Crippen LogP contribution in [0.1, 0.15) is 19.3 Å². The Labute approximate surface area is 182 Å². The van der Waals surface area contributed by atoms with Crippen LogP contribution in [0.25, 0.3) is 11.1 Å². The number of halogens is 1. The van der Waals surface area contributed by atoms with Crippen molar-refractivity contribution in [2.75, 3.05) is 39.5 Å². The number of piperidine rings is 1. The van der Waals surface area contributed by atoms with Gasteiger partial charge in [-0.05, 0) is 73.2 Å². The fraction of sp³-hybridized carbons (Fsp3) is 0.522. The van der Waals surface area contributed by atoms with Crippen molar-refractivity contribution in [3.05, 3.63) is 51.9 Å². The van der Waals surface area contributed by atoms with Crippen molar-refractivity contribution in [1.82, 2.24) is 9.47 Å². The third kappa shape index (κ3) is 5.06. The highest BCUT2D eigenvalue weighted by molar-refractivity contribution is 6.31. The first-order chi connectivity index (χ1) is 14.4. The van der Waals surface area contributed by atoms with E-state index in [9.17, 15) is 9.90 Å². The second-order valence-electron chi connectivity index (χ2n) is 8.61. The Morgan fingerprint density at radius 1 is 1.20 bits per heavy atom. The third-order valence-electron chi connectivity index (χ3n) is 6.30. The van der Waals surface area contributed by atoms with Crippen molar-refractivity contribution in [1.29, 1.82) is 0 Å². The van der Waals surface area contributed by atoms with Crippen LogP contribution in [-0.2, 0) is 11.8 Å². The zero-order chi connectivity index (χ0) is 21.1. The Hall–Kier alpha value is -1.86. The lowest BCUT2D eigenvalue weighted by Crippen LogP contribution is -2.44. The fourth-order valence-electron chi connectivity index (χ4n) is 4.37. The van der Waals surface area contributed by atoms with Gasteiger partial charge in [0.2, 0.25) is 5.56 Å². The molecule has 2 aliphatic rings. The first-order valence-corrected chi connectivity index (χ1v) is 10.9. The summed E-state index contributed by atoms with van der Waals surface area (Å²) in [5.74, 6) is 0.603. The molecule has 162 valence electrons. The molecule has 4 rings (SSSR count). The highest BCUT2D eigenvalue weighted by atomic mass is 35.5. The average Bonchev–Trinajstić information content (AvgIpc) is 3.18. The summed E-state index contributed by atoms with van der Waals surface area (Å²) in [5, 5.41) is 11.0. The SMILES string of the molecule is Cn1cc(-c2cc(Cl)cc(OCC(O)CN3CCC4(CCOC4)CC3)c2)ccc1=O. The summed E-state index contributed by atoms with van der Waals surface area (Å²) in [6, 6.07) is 8.75. The molecule has 2 saturated heterocycles. The van der Waals surface area contributed by atoms with Crippen molar-refractivity contribution in [3.8, 4) is 16.9 Å². The molecule has 3 heterocycles. The number of aromatic nitrogens is 1. The number of pyridine rings is 1.